The maximum atomic E-state index is 11.4. The summed E-state index contributed by atoms with van der Waals surface area (Å²) in [4.78, 5) is 11.4. The highest BCUT2D eigenvalue weighted by Crippen LogP contribution is 2.29. The lowest BCUT2D eigenvalue weighted by Crippen LogP contribution is -2.17. The van der Waals surface area contributed by atoms with E-state index in [1.54, 1.807) is 37.1 Å². The number of nitrogens with one attached hydrogen (secondary N) is 1. The highest BCUT2D eigenvalue weighted by Gasteiger charge is 2.13. The molecule has 20 heavy (non-hydrogen) atoms. The molecule has 0 aliphatic heterocycles. The van der Waals surface area contributed by atoms with Crippen LogP contribution in [0.4, 0.5) is 5.69 Å². The SMILES string of the molecule is CCC(Nc1ccc(=O)n(C)c1)c1ccccc1OC. The molecule has 0 fully saturated rings. The highest BCUT2D eigenvalue weighted by atomic mass is 16.5. The van der Waals surface area contributed by atoms with Crippen LogP contribution in [0.5, 0.6) is 5.75 Å². The van der Waals surface area contributed by atoms with Gasteiger partial charge in [0.2, 0.25) is 5.56 Å². The minimum absolute atomic E-state index is 0.0131. The van der Waals surface area contributed by atoms with E-state index in [4.69, 9.17) is 4.74 Å². The normalized spacial score (nSPS) is 11.9. The zero-order valence-corrected chi connectivity index (χ0v) is 12.1. The quantitative estimate of drug-likeness (QED) is 0.910. The fourth-order valence-corrected chi connectivity index (χ4v) is 2.23. The van der Waals surface area contributed by atoms with Crippen molar-refractivity contribution in [3.05, 3.63) is 58.5 Å². The predicted molar refractivity (Wildman–Crippen MR) is 81.3 cm³/mol. The van der Waals surface area contributed by atoms with Gasteiger partial charge in [0.1, 0.15) is 5.75 Å². The summed E-state index contributed by atoms with van der Waals surface area (Å²) >= 11 is 0. The number of nitrogens with zero attached hydrogens (tertiary/aromatic N) is 1. The number of aryl methyl sites for hydroxylation is 1. The minimum Gasteiger partial charge on any atom is -0.496 e. The molecule has 1 atom stereocenters. The van der Waals surface area contributed by atoms with Crippen molar-refractivity contribution in [2.45, 2.75) is 19.4 Å². The van der Waals surface area contributed by atoms with E-state index in [9.17, 15) is 4.79 Å². The Kier molecular flexibility index (Phi) is 4.45. The van der Waals surface area contributed by atoms with Crippen molar-refractivity contribution >= 4 is 5.69 Å². The van der Waals surface area contributed by atoms with Crippen LogP contribution in [0.15, 0.2) is 47.4 Å². The molecule has 106 valence electrons. The van der Waals surface area contributed by atoms with Crippen LogP contribution in [-0.4, -0.2) is 11.7 Å². The summed E-state index contributed by atoms with van der Waals surface area (Å²) in [6.45, 7) is 2.12. The van der Waals surface area contributed by atoms with Gasteiger partial charge in [0.25, 0.3) is 0 Å². The second kappa shape index (κ2) is 6.28. The third kappa shape index (κ3) is 3.02. The van der Waals surface area contributed by atoms with Crippen molar-refractivity contribution in [1.82, 2.24) is 4.57 Å². The van der Waals surface area contributed by atoms with E-state index in [-0.39, 0.29) is 11.6 Å². The predicted octanol–water partition coefficient (Wildman–Crippen LogP) is 2.96. The maximum Gasteiger partial charge on any atom is 0.250 e. The fraction of sp³-hybridized carbons (Fsp3) is 0.312. The molecule has 0 bridgehead atoms. The number of benzene rings is 1. The van der Waals surface area contributed by atoms with Gasteiger partial charge >= 0.3 is 0 Å². The molecule has 0 amide bonds. The number of methoxy groups -OCH3 is 1. The Labute approximate surface area is 119 Å². The van der Waals surface area contributed by atoms with Gasteiger partial charge in [-0.3, -0.25) is 4.79 Å². The van der Waals surface area contributed by atoms with E-state index in [1.807, 2.05) is 18.2 Å². The molecule has 0 saturated heterocycles. The number of pyridine rings is 1. The number of hydrogen-bond donors (Lipinski definition) is 1. The van der Waals surface area contributed by atoms with Crippen molar-refractivity contribution in [3.8, 4) is 5.75 Å². The van der Waals surface area contributed by atoms with Gasteiger partial charge in [-0.05, 0) is 18.6 Å². The average molecular weight is 272 g/mol. The third-order valence-corrected chi connectivity index (χ3v) is 3.35. The summed E-state index contributed by atoms with van der Waals surface area (Å²) in [7, 11) is 3.43. The number of hydrogen-bond acceptors (Lipinski definition) is 3. The Bertz CT molecular complexity index is 634. The molecule has 1 N–H and O–H groups in total. The lowest BCUT2D eigenvalue weighted by Gasteiger charge is -2.21. The van der Waals surface area contributed by atoms with Crippen LogP contribution in [0.2, 0.25) is 0 Å². The van der Waals surface area contributed by atoms with E-state index in [1.165, 1.54) is 0 Å². The summed E-state index contributed by atoms with van der Waals surface area (Å²) in [5.74, 6) is 0.872. The van der Waals surface area contributed by atoms with Crippen LogP contribution >= 0.6 is 0 Å². The van der Waals surface area contributed by atoms with Crippen molar-refractivity contribution in [2.75, 3.05) is 12.4 Å². The van der Waals surface area contributed by atoms with Crippen LogP contribution in [-0.2, 0) is 7.05 Å². The maximum absolute atomic E-state index is 11.4. The van der Waals surface area contributed by atoms with Crippen molar-refractivity contribution in [3.63, 3.8) is 0 Å². The molecule has 1 unspecified atom stereocenters. The molecule has 0 aliphatic rings. The molecule has 2 aromatic rings. The molecular formula is C16H20N2O2. The topological polar surface area (TPSA) is 43.3 Å². The fourth-order valence-electron chi connectivity index (χ4n) is 2.23. The molecule has 4 nitrogen and oxygen atoms in total. The van der Waals surface area contributed by atoms with Crippen molar-refractivity contribution in [1.29, 1.82) is 0 Å². The van der Waals surface area contributed by atoms with Crippen molar-refractivity contribution < 1.29 is 4.74 Å². The molecular weight excluding hydrogens is 252 g/mol. The number of aromatic nitrogens is 1. The zero-order valence-electron chi connectivity index (χ0n) is 12.1. The Balaban J connectivity index is 2.28. The zero-order chi connectivity index (χ0) is 14.5. The summed E-state index contributed by atoms with van der Waals surface area (Å²) in [5, 5.41) is 3.45. The molecule has 0 spiro atoms. The first-order chi connectivity index (χ1) is 9.65. The highest BCUT2D eigenvalue weighted by molar-refractivity contribution is 5.46. The first-order valence-electron chi connectivity index (χ1n) is 6.71. The molecule has 0 radical (unpaired) electrons. The van der Waals surface area contributed by atoms with E-state index < -0.39 is 0 Å². The van der Waals surface area contributed by atoms with Gasteiger partial charge < -0.3 is 14.6 Å². The standard InChI is InChI=1S/C16H20N2O2/c1-4-14(13-7-5-6-8-15(13)20-3)17-12-9-10-16(19)18(2)11-12/h5-11,14,17H,4H2,1-3H3. The van der Waals surface area contributed by atoms with E-state index >= 15 is 0 Å². The molecule has 1 aromatic heterocycles. The lowest BCUT2D eigenvalue weighted by atomic mass is 10.0. The number of para-hydroxylation sites is 1. The minimum atomic E-state index is -0.0131. The summed E-state index contributed by atoms with van der Waals surface area (Å²) < 4.78 is 6.98. The van der Waals surface area contributed by atoms with Crippen molar-refractivity contribution in [2.24, 2.45) is 7.05 Å². The Morgan fingerprint density at radius 1 is 1.25 bits per heavy atom. The van der Waals surface area contributed by atoms with Gasteiger partial charge in [0.05, 0.1) is 18.8 Å². The van der Waals surface area contributed by atoms with Gasteiger partial charge in [0, 0.05) is 24.9 Å². The van der Waals surface area contributed by atoms with Crippen LogP contribution < -0.4 is 15.6 Å². The molecule has 4 heteroatoms. The van der Waals surface area contributed by atoms with Crippen LogP contribution in [0.1, 0.15) is 24.9 Å². The monoisotopic (exact) mass is 272 g/mol. The van der Waals surface area contributed by atoms with Gasteiger partial charge in [-0.1, -0.05) is 25.1 Å². The van der Waals surface area contributed by atoms with Gasteiger partial charge in [-0.25, -0.2) is 0 Å². The number of ether oxygens (including phenoxy) is 1. The lowest BCUT2D eigenvalue weighted by molar-refractivity contribution is 0.406. The second-order valence-electron chi connectivity index (χ2n) is 4.71. The number of anilines is 1. The average Bonchev–Trinajstić information content (AvgIpc) is 2.48. The molecule has 0 aliphatic carbocycles. The van der Waals surface area contributed by atoms with Gasteiger partial charge in [-0.2, -0.15) is 0 Å². The smallest absolute Gasteiger partial charge is 0.250 e. The first kappa shape index (κ1) is 14.2. The van der Waals surface area contributed by atoms with E-state index in [2.05, 4.69) is 18.3 Å². The summed E-state index contributed by atoms with van der Waals surface area (Å²) in [6.07, 6.45) is 2.73. The Hall–Kier alpha value is -2.23. The molecule has 2 rings (SSSR count). The van der Waals surface area contributed by atoms with Crippen LogP contribution in [0.25, 0.3) is 0 Å². The summed E-state index contributed by atoms with van der Waals surface area (Å²) in [5.41, 5.74) is 2.03. The van der Waals surface area contributed by atoms with Gasteiger partial charge in [0.15, 0.2) is 0 Å². The van der Waals surface area contributed by atoms with E-state index in [0.29, 0.717) is 0 Å². The van der Waals surface area contributed by atoms with Crippen LogP contribution in [0.3, 0.4) is 0 Å². The Morgan fingerprint density at radius 3 is 2.65 bits per heavy atom. The first-order valence-corrected chi connectivity index (χ1v) is 6.71. The van der Waals surface area contributed by atoms with Crippen LogP contribution in [0, 0.1) is 0 Å². The molecule has 0 saturated carbocycles. The van der Waals surface area contributed by atoms with E-state index in [0.717, 1.165) is 23.4 Å². The van der Waals surface area contributed by atoms with Gasteiger partial charge in [-0.15, -0.1) is 0 Å². The Morgan fingerprint density at radius 2 is 2.00 bits per heavy atom. The third-order valence-electron chi connectivity index (χ3n) is 3.35. The summed E-state index contributed by atoms with van der Waals surface area (Å²) in [6, 6.07) is 11.5. The number of rotatable bonds is 5. The molecule has 1 aromatic carbocycles. The molecule has 1 heterocycles. The largest absolute Gasteiger partial charge is 0.496 e. The second-order valence-corrected chi connectivity index (χ2v) is 4.71.